The van der Waals surface area contributed by atoms with Gasteiger partial charge in [-0.2, -0.15) is 0 Å². The van der Waals surface area contributed by atoms with Crippen molar-refractivity contribution in [1.82, 2.24) is 0 Å². The molecule has 0 bridgehead atoms. The van der Waals surface area contributed by atoms with Crippen molar-refractivity contribution in [3.63, 3.8) is 0 Å². The number of hydrogen-bond donors (Lipinski definition) is 2. The van der Waals surface area contributed by atoms with E-state index in [4.69, 9.17) is 0 Å². The summed E-state index contributed by atoms with van der Waals surface area (Å²) in [4.78, 5) is -0.187. The molecule has 0 atom stereocenters. The molecule has 6 aromatic rings. The third kappa shape index (κ3) is 5.25. The van der Waals surface area contributed by atoms with Crippen molar-refractivity contribution < 1.29 is 27.0 Å². The van der Waals surface area contributed by atoms with Crippen molar-refractivity contribution in [3.8, 4) is 44.9 Å². The van der Waals surface area contributed by atoms with Crippen molar-refractivity contribution in [2.75, 3.05) is 0 Å². The minimum Gasteiger partial charge on any atom is -0.508 e. The van der Waals surface area contributed by atoms with Gasteiger partial charge in [0.25, 0.3) is 0 Å². The third-order valence-corrected chi connectivity index (χ3v) is 10.9. The molecular formula is C36H26O6S2. The summed E-state index contributed by atoms with van der Waals surface area (Å²) in [6.45, 7) is 0. The van der Waals surface area contributed by atoms with E-state index in [1.54, 1.807) is 48.5 Å². The lowest BCUT2D eigenvalue weighted by atomic mass is 9.87. The van der Waals surface area contributed by atoms with Gasteiger partial charge in [-0.3, -0.25) is 0 Å². The highest BCUT2D eigenvalue weighted by Gasteiger charge is 2.29. The number of phenolic OH excluding ortho intramolecular Hbond substituents is 2. The Hall–Kier alpha value is -5.18. The minimum absolute atomic E-state index is 0.0440. The highest BCUT2D eigenvalue weighted by Crippen LogP contribution is 2.46. The SMILES string of the molecule is O=S(=O)(c1ccccc1)c1cc(O)ccc1-c1cccc(-c2ccccc2)c1-c1ccc(O)cc1S(=O)(=O)c1ccccc1. The van der Waals surface area contributed by atoms with Gasteiger partial charge in [0, 0.05) is 11.1 Å². The molecule has 0 heterocycles. The molecule has 2 N–H and O–H groups in total. The summed E-state index contributed by atoms with van der Waals surface area (Å²) in [6.07, 6.45) is 0. The normalized spacial score (nSPS) is 11.7. The van der Waals surface area contributed by atoms with Gasteiger partial charge in [-0.25, -0.2) is 16.8 Å². The maximum absolute atomic E-state index is 14.1. The predicted octanol–water partition coefficient (Wildman–Crippen LogP) is 7.76. The number of benzene rings is 6. The first-order valence-electron chi connectivity index (χ1n) is 13.6. The van der Waals surface area contributed by atoms with Gasteiger partial charge < -0.3 is 10.2 Å². The van der Waals surface area contributed by atoms with Gasteiger partial charge in [-0.05, 0) is 82.9 Å². The average Bonchev–Trinajstić information content (AvgIpc) is 3.05. The fourth-order valence-electron chi connectivity index (χ4n) is 5.27. The molecule has 218 valence electrons. The number of aromatic hydroxyl groups is 2. The van der Waals surface area contributed by atoms with Crippen LogP contribution in [0.2, 0.25) is 0 Å². The van der Waals surface area contributed by atoms with Crippen molar-refractivity contribution >= 4 is 19.7 Å². The first-order chi connectivity index (χ1) is 21.2. The molecule has 0 saturated carbocycles. The van der Waals surface area contributed by atoms with E-state index < -0.39 is 19.7 Å². The fourth-order valence-corrected chi connectivity index (χ4v) is 8.29. The van der Waals surface area contributed by atoms with E-state index in [-0.39, 0.29) is 42.2 Å². The lowest BCUT2D eigenvalue weighted by Crippen LogP contribution is -2.06. The Balaban J connectivity index is 1.72. The molecule has 0 radical (unpaired) electrons. The van der Waals surface area contributed by atoms with Gasteiger partial charge in [-0.15, -0.1) is 0 Å². The van der Waals surface area contributed by atoms with Crippen LogP contribution in [0, 0.1) is 0 Å². The highest BCUT2D eigenvalue weighted by atomic mass is 32.2. The monoisotopic (exact) mass is 618 g/mol. The Kier molecular flexibility index (Phi) is 7.55. The molecule has 0 aliphatic carbocycles. The molecule has 0 aromatic heterocycles. The van der Waals surface area contributed by atoms with Crippen LogP contribution in [0.4, 0.5) is 0 Å². The van der Waals surface area contributed by atoms with Crippen LogP contribution in [-0.2, 0) is 19.7 Å². The zero-order valence-corrected chi connectivity index (χ0v) is 24.8. The summed E-state index contributed by atoms with van der Waals surface area (Å²) < 4.78 is 56.2. The zero-order chi connectivity index (χ0) is 30.9. The Bertz CT molecular complexity index is 2200. The molecule has 0 amide bonds. The maximum atomic E-state index is 14.1. The van der Waals surface area contributed by atoms with E-state index >= 15 is 0 Å². The first-order valence-corrected chi connectivity index (χ1v) is 16.6. The second-order valence-electron chi connectivity index (χ2n) is 10.1. The molecule has 6 aromatic carbocycles. The Labute approximate surface area is 256 Å². The van der Waals surface area contributed by atoms with Gasteiger partial charge >= 0.3 is 0 Å². The Morgan fingerprint density at radius 2 is 0.818 bits per heavy atom. The van der Waals surface area contributed by atoms with Crippen molar-refractivity contribution in [1.29, 1.82) is 0 Å². The summed E-state index contributed by atoms with van der Waals surface area (Å²) in [5.74, 6) is -0.472. The minimum atomic E-state index is -4.14. The summed E-state index contributed by atoms with van der Waals surface area (Å²) in [7, 11) is -8.27. The number of phenols is 2. The number of rotatable bonds is 7. The summed E-state index contributed by atoms with van der Waals surface area (Å²) in [6, 6.07) is 38.8. The molecule has 8 heteroatoms. The molecule has 0 fully saturated rings. The van der Waals surface area contributed by atoms with Crippen molar-refractivity contribution in [3.05, 3.63) is 146 Å². The second kappa shape index (κ2) is 11.5. The lowest BCUT2D eigenvalue weighted by Gasteiger charge is -2.21. The van der Waals surface area contributed by atoms with Gasteiger partial charge in [0.1, 0.15) is 11.5 Å². The van der Waals surface area contributed by atoms with Crippen LogP contribution in [0.1, 0.15) is 0 Å². The molecule has 6 nitrogen and oxygen atoms in total. The Morgan fingerprint density at radius 1 is 0.386 bits per heavy atom. The molecule has 0 saturated heterocycles. The molecule has 0 aliphatic heterocycles. The van der Waals surface area contributed by atoms with Crippen LogP contribution in [-0.4, -0.2) is 27.0 Å². The van der Waals surface area contributed by atoms with E-state index in [2.05, 4.69) is 0 Å². The molecule has 6 rings (SSSR count). The first kappa shape index (κ1) is 28.9. The van der Waals surface area contributed by atoms with Crippen LogP contribution in [0.25, 0.3) is 33.4 Å². The van der Waals surface area contributed by atoms with Crippen molar-refractivity contribution in [2.45, 2.75) is 19.6 Å². The maximum Gasteiger partial charge on any atom is 0.207 e. The molecular weight excluding hydrogens is 593 g/mol. The van der Waals surface area contributed by atoms with E-state index in [1.807, 2.05) is 36.4 Å². The number of hydrogen-bond acceptors (Lipinski definition) is 6. The third-order valence-electron chi connectivity index (χ3n) is 7.33. The summed E-state index contributed by atoms with van der Waals surface area (Å²) >= 11 is 0. The van der Waals surface area contributed by atoms with Gasteiger partial charge in [0.05, 0.1) is 19.6 Å². The van der Waals surface area contributed by atoms with Crippen LogP contribution in [0.3, 0.4) is 0 Å². The number of sulfone groups is 2. The van der Waals surface area contributed by atoms with Crippen LogP contribution in [0.15, 0.2) is 165 Å². The Morgan fingerprint density at radius 3 is 1.34 bits per heavy atom. The summed E-state index contributed by atoms with van der Waals surface area (Å²) in [5.41, 5.74) is 2.84. The fraction of sp³-hybridized carbons (Fsp3) is 0. The summed E-state index contributed by atoms with van der Waals surface area (Å²) in [5, 5.41) is 21.0. The molecule has 44 heavy (non-hydrogen) atoms. The lowest BCUT2D eigenvalue weighted by molar-refractivity contribution is 0.473. The van der Waals surface area contributed by atoms with E-state index in [0.717, 1.165) is 5.56 Å². The average molecular weight is 619 g/mol. The standard InChI is InChI=1S/C36H26O6S2/c37-26-19-21-31(34(23-26)43(39,40)28-13-6-2-7-14-28)32-18-10-17-30(25-11-4-1-5-12-25)36(32)33-22-20-27(38)24-35(33)44(41,42)29-15-8-3-9-16-29/h1-24,37-38H. The highest BCUT2D eigenvalue weighted by molar-refractivity contribution is 7.92. The van der Waals surface area contributed by atoms with Crippen molar-refractivity contribution in [2.24, 2.45) is 0 Å². The van der Waals surface area contributed by atoms with Gasteiger partial charge in [-0.1, -0.05) is 84.9 Å². The molecule has 0 spiro atoms. The van der Waals surface area contributed by atoms with Gasteiger partial charge in [0.15, 0.2) is 0 Å². The zero-order valence-electron chi connectivity index (χ0n) is 23.2. The van der Waals surface area contributed by atoms with E-state index in [9.17, 15) is 27.0 Å². The van der Waals surface area contributed by atoms with Crippen LogP contribution >= 0.6 is 0 Å². The topological polar surface area (TPSA) is 109 Å². The van der Waals surface area contributed by atoms with E-state index in [1.165, 1.54) is 60.7 Å². The van der Waals surface area contributed by atoms with Crippen LogP contribution < -0.4 is 0 Å². The largest absolute Gasteiger partial charge is 0.508 e. The second-order valence-corrected chi connectivity index (χ2v) is 13.9. The van der Waals surface area contributed by atoms with E-state index in [0.29, 0.717) is 16.7 Å². The predicted molar refractivity (Wildman–Crippen MR) is 170 cm³/mol. The van der Waals surface area contributed by atoms with Crippen LogP contribution in [0.5, 0.6) is 11.5 Å². The smallest absolute Gasteiger partial charge is 0.207 e. The molecule has 0 unspecified atom stereocenters. The molecule has 0 aliphatic rings. The van der Waals surface area contributed by atoms with Gasteiger partial charge in [0.2, 0.25) is 19.7 Å². The quantitative estimate of drug-likeness (QED) is 0.189.